The summed E-state index contributed by atoms with van der Waals surface area (Å²) in [6.45, 7) is 4.43. The van der Waals surface area contributed by atoms with Crippen LogP contribution in [0.5, 0.6) is 0 Å². The van der Waals surface area contributed by atoms with Crippen LogP contribution in [0.4, 0.5) is 0 Å². The highest BCUT2D eigenvalue weighted by molar-refractivity contribution is 5.25. The minimum atomic E-state index is -0.461. The van der Waals surface area contributed by atoms with Crippen molar-refractivity contribution in [2.24, 2.45) is 13.0 Å². The van der Waals surface area contributed by atoms with E-state index in [-0.39, 0.29) is 0 Å². The molecule has 0 fully saturated rings. The molecule has 0 aliphatic rings. The van der Waals surface area contributed by atoms with Gasteiger partial charge in [-0.2, -0.15) is 5.10 Å². The fourth-order valence-corrected chi connectivity index (χ4v) is 2.27. The number of benzene rings is 1. The van der Waals surface area contributed by atoms with E-state index in [0.717, 1.165) is 17.5 Å². The van der Waals surface area contributed by atoms with Crippen molar-refractivity contribution in [2.75, 3.05) is 0 Å². The zero-order chi connectivity index (χ0) is 13.8. The molecule has 0 bridgehead atoms. The van der Waals surface area contributed by atoms with E-state index in [1.807, 2.05) is 25.4 Å². The largest absolute Gasteiger partial charge is 0.388 e. The zero-order valence-electron chi connectivity index (χ0n) is 11.9. The van der Waals surface area contributed by atoms with Crippen LogP contribution in [-0.2, 0) is 19.9 Å². The van der Waals surface area contributed by atoms with Gasteiger partial charge in [0.1, 0.15) is 0 Å². The standard InChI is InChI=1S/C16H22N2O/c1-12(2)8-13-4-6-15(7-5-13)16(19)9-14-10-17-18(3)11-14/h4-7,10-12,16,19H,8-9H2,1-3H3. The van der Waals surface area contributed by atoms with Gasteiger partial charge in [-0.1, -0.05) is 38.1 Å². The van der Waals surface area contributed by atoms with E-state index in [0.29, 0.717) is 12.3 Å². The summed E-state index contributed by atoms with van der Waals surface area (Å²) in [6, 6.07) is 8.28. The van der Waals surface area contributed by atoms with E-state index in [9.17, 15) is 5.11 Å². The molecule has 0 amide bonds. The first kappa shape index (κ1) is 13.8. The number of aliphatic hydroxyl groups excluding tert-OH is 1. The first-order chi connectivity index (χ1) is 9.04. The van der Waals surface area contributed by atoms with Gasteiger partial charge < -0.3 is 5.11 Å². The topological polar surface area (TPSA) is 38.1 Å². The van der Waals surface area contributed by atoms with E-state index in [1.165, 1.54) is 5.56 Å². The second-order valence-electron chi connectivity index (χ2n) is 5.58. The molecule has 3 nitrogen and oxygen atoms in total. The van der Waals surface area contributed by atoms with Crippen LogP contribution in [0.15, 0.2) is 36.7 Å². The van der Waals surface area contributed by atoms with Crippen LogP contribution in [0, 0.1) is 5.92 Å². The fraction of sp³-hybridized carbons (Fsp3) is 0.438. The Hall–Kier alpha value is -1.61. The predicted octanol–water partition coefficient (Wildman–Crippen LogP) is 2.89. The van der Waals surface area contributed by atoms with Gasteiger partial charge in [-0.3, -0.25) is 4.68 Å². The maximum Gasteiger partial charge on any atom is 0.0831 e. The molecule has 19 heavy (non-hydrogen) atoms. The number of aromatic nitrogens is 2. The number of nitrogens with zero attached hydrogens (tertiary/aromatic N) is 2. The van der Waals surface area contributed by atoms with Crippen LogP contribution in [0.1, 0.15) is 36.6 Å². The third-order valence-electron chi connectivity index (χ3n) is 3.20. The lowest BCUT2D eigenvalue weighted by Crippen LogP contribution is -2.02. The lowest BCUT2D eigenvalue weighted by molar-refractivity contribution is 0.178. The van der Waals surface area contributed by atoms with Gasteiger partial charge in [0.15, 0.2) is 0 Å². The van der Waals surface area contributed by atoms with Gasteiger partial charge in [0.25, 0.3) is 0 Å². The molecule has 1 atom stereocenters. The van der Waals surface area contributed by atoms with Crippen LogP contribution in [0.2, 0.25) is 0 Å². The zero-order valence-corrected chi connectivity index (χ0v) is 11.9. The number of aryl methyl sites for hydroxylation is 1. The summed E-state index contributed by atoms with van der Waals surface area (Å²) in [5.41, 5.74) is 3.35. The molecule has 1 N–H and O–H groups in total. The Balaban J connectivity index is 2.01. The second kappa shape index (κ2) is 6.02. The van der Waals surface area contributed by atoms with Crippen molar-refractivity contribution in [3.63, 3.8) is 0 Å². The van der Waals surface area contributed by atoms with E-state index < -0.39 is 6.10 Å². The van der Waals surface area contributed by atoms with Crippen molar-refractivity contribution in [3.05, 3.63) is 53.3 Å². The summed E-state index contributed by atoms with van der Waals surface area (Å²) >= 11 is 0. The maximum absolute atomic E-state index is 10.2. The van der Waals surface area contributed by atoms with Gasteiger partial charge >= 0.3 is 0 Å². The van der Waals surface area contributed by atoms with Crippen molar-refractivity contribution in [1.82, 2.24) is 9.78 Å². The van der Waals surface area contributed by atoms with E-state index in [1.54, 1.807) is 10.9 Å². The smallest absolute Gasteiger partial charge is 0.0831 e. The summed E-state index contributed by atoms with van der Waals surface area (Å²) in [5, 5.41) is 14.3. The maximum atomic E-state index is 10.2. The highest BCUT2D eigenvalue weighted by atomic mass is 16.3. The lowest BCUT2D eigenvalue weighted by Gasteiger charge is -2.11. The fourth-order valence-electron chi connectivity index (χ4n) is 2.27. The van der Waals surface area contributed by atoms with Crippen LogP contribution < -0.4 is 0 Å². The molecule has 0 spiro atoms. The molecule has 0 radical (unpaired) electrons. The Morgan fingerprint density at radius 3 is 2.32 bits per heavy atom. The molecular formula is C16H22N2O. The average molecular weight is 258 g/mol. The van der Waals surface area contributed by atoms with Crippen LogP contribution in [0.25, 0.3) is 0 Å². The molecule has 3 heteroatoms. The average Bonchev–Trinajstić information content (AvgIpc) is 2.75. The number of hydrogen-bond acceptors (Lipinski definition) is 2. The van der Waals surface area contributed by atoms with Crippen LogP contribution >= 0.6 is 0 Å². The first-order valence-corrected chi connectivity index (χ1v) is 6.79. The second-order valence-corrected chi connectivity index (χ2v) is 5.58. The van der Waals surface area contributed by atoms with Crippen molar-refractivity contribution < 1.29 is 5.11 Å². The van der Waals surface area contributed by atoms with E-state index in [2.05, 4.69) is 31.1 Å². The summed E-state index contributed by atoms with van der Waals surface area (Å²) in [7, 11) is 1.89. The van der Waals surface area contributed by atoms with Gasteiger partial charge in [-0.05, 0) is 29.0 Å². The van der Waals surface area contributed by atoms with Gasteiger partial charge in [0.05, 0.1) is 12.3 Å². The van der Waals surface area contributed by atoms with Gasteiger partial charge in [0.2, 0.25) is 0 Å². The third-order valence-corrected chi connectivity index (χ3v) is 3.20. The molecule has 1 aromatic carbocycles. The molecule has 0 saturated heterocycles. The molecular weight excluding hydrogens is 236 g/mol. The van der Waals surface area contributed by atoms with Crippen LogP contribution in [0.3, 0.4) is 0 Å². The van der Waals surface area contributed by atoms with Gasteiger partial charge in [0, 0.05) is 19.7 Å². The molecule has 102 valence electrons. The number of rotatable bonds is 5. The Labute approximate surface area is 114 Å². The Bertz CT molecular complexity index is 514. The highest BCUT2D eigenvalue weighted by Crippen LogP contribution is 2.19. The molecule has 2 aromatic rings. The molecule has 1 aromatic heterocycles. The Morgan fingerprint density at radius 1 is 1.11 bits per heavy atom. The summed E-state index contributed by atoms with van der Waals surface area (Å²) in [6.07, 6.45) is 4.97. The first-order valence-electron chi connectivity index (χ1n) is 6.79. The summed E-state index contributed by atoms with van der Waals surface area (Å²) < 4.78 is 1.76. The Morgan fingerprint density at radius 2 is 1.79 bits per heavy atom. The Kier molecular flexibility index (Phi) is 4.38. The molecule has 0 aliphatic heterocycles. The molecule has 1 heterocycles. The lowest BCUT2D eigenvalue weighted by atomic mass is 9.98. The van der Waals surface area contributed by atoms with Gasteiger partial charge in [-0.25, -0.2) is 0 Å². The van der Waals surface area contributed by atoms with Gasteiger partial charge in [-0.15, -0.1) is 0 Å². The quantitative estimate of drug-likeness (QED) is 0.895. The molecule has 2 rings (SSSR count). The summed E-state index contributed by atoms with van der Waals surface area (Å²) in [5.74, 6) is 0.658. The minimum Gasteiger partial charge on any atom is -0.388 e. The molecule has 0 aliphatic carbocycles. The number of hydrogen-bond donors (Lipinski definition) is 1. The molecule has 1 unspecified atom stereocenters. The van der Waals surface area contributed by atoms with E-state index >= 15 is 0 Å². The number of aliphatic hydroxyl groups is 1. The summed E-state index contributed by atoms with van der Waals surface area (Å²) in [4.78, 5) is 0. The van der Waals surface area contributed by atoms with Crippen molar-refractivity contribution in [1.29, 1.82) is 0 Å². The van der Waals surface area contributed by atoms with Crippen molar-refractivity contribution >= 4 is 0 Å². The van der Waals surface area contributed by atoms with Crippen molar-refractivity contribution in [3.8, 4) is 0 Å². The van der Waals surface area contributed by atoms with Crippen molar-refractivity contribution in [2.45, 2.75) is 32.8 Å². The van der Waals surface area contributed by atoms with E-state index in [4.69, 9.17) is 0 Å². The SMILES string of the molecule is CC(C)Cc1ccc(C(O)Cc2cnn(C)c2)cc1. The highest BCUT2D eigenvalue weighted by Gasteiger charge is 2.10. The monoisotopic (exact) mass is 258 g/mol. The third kappa shape index (κ3) is 3.93. The van der Waals surface area contributed by atoms with Crippen LogP contribution in [-0.4, -0.2) is 14.9 Å². The minimum absolute atomic E-state index is 0.461. The normalized spacial score (nSPS) is 12.9. The molecule has 0 saturated carbocycles. The predicted molar refractivity (Wildman–Crippen MR) is 76.9 cm³/mol.